The number of aromatic amines is 1. The van der Waals surface area contributed by atoms with E-state index in [0.717, 1.165) is 33.2 Å². The van der Waals surface area contributed by atoms with Crippen LogP contribution in [0.15, 0.2) is 35.1 Å². The summed E-state index contributed by atoms with van der Waals surface area (Å²) in [6, 6.07) is 6.10. The minimum atomic E-state index is -0.0674. The van der Waals surface area contributed by atoms with Gasteiger partial charge in [-0.2, -0.15) is 0 Å². The molecule has 1 saturated carbocycles. The second kappa shape index (κ2) is 6.70. The number of likely N-dealkylation sites (tertiary alicyclic amines) is 1. The first-order valence-electron chi connectivity index (χ1n) is 9.30. The number of nitrogens with one attached hydrogen (secondary N) is 2. The lowest BCUT2D eigenvalue weighted by Gasteiger charge is -2.31. The lowest BCUT2D eigenvalue weighted by Crippen LogP contribution is -2.47. The van der Waals surface area contributed by atoms with Crippen molar-refractivity contribution in [2.24, 2.45) is 5.92 Å². The molecule has 1 aromatic carbocycles. The highest BCUT2D eigenvalue weighted by Crippen LogP contribution is 2.39. The molecule has 3 atom stereocenters. The van der Waals surface area contributed by atoms with Gasteiger partial charge < -0.3 is 15.2 Å². The third-order valence-corrected chi connectivity index (χ3v) is 7.18. The van der Waals surface area contributed by atoms with Gasteiger partial charge in [0.25, 0.3) is 11.8 Å². The highest BCUT2D eigenvalue weighted by atomic mass is 79.9. The van der Waals surface area contributed by atoms with Crippen LogP contribution < -0.4 is 5.32 Å². The van der Waals surface area contributed by atoms with Crippen LogP contribution in [-0.2, 0) is 0 Å². The van der Waals surface area contributed by atoms with Gasteiger partial charge in [0.1, 0.15) is 4.88 Å². The van der Waals surface area contributed by atoms with Crippen LogP contribution in [0.25, 0.3) is 10.9 Å². The maximum atomic E-state index is 12.9. The van der Waals surface area contributed by atoms with E-state index in [1.807, 2.05) is 36.2 Å². The molecule has 2 unspecified atom stereocenters. The number of nitrogens with zero attached hydrogens (tertiary/aromatic N) is 2. The Labute approximate surface area is 174 Å². The Kier molecular flexibility index (Phi) is 4.28. The number of fused-ring (bicyclic) bond motifs is 3. The third-order valence-electron chi connectivity index (χ3n) is 5.82. The van der Waals surface area contributed by atoms with E-state index in [9.17, 15) is 9.59 Å². The Bertz CT molecular complexity index is 1090. The molecule has 2 aromatic heterocycles. The summed E-state index contributed by atoms with van der Waals surface area (Å²) in [4.78, 5) is 35.7. The normalized spacial score (nSPS) is 23.5. The number of amides is 2. The second-order valence-corrected chi connectivity index (χ2v) is 9.71. The number of aryl methyl sites for hydroxylation is 1. The summed E-state index contributed by atoms with van der Waals surface area (Å²) in [7, 11) is 0. The van der Waals surface area contributed by atoms with Crippen LogP contribution in [0, 0.1) is 12.8 Å². The minimum Gasteiger partial charge on any atom is -0.361 e. The standard InChI is InChI=1S/C20H19BrN4O2S/c1-10-23-8-17(28-10)20(27)25-9-12-5-14(25)7-16(12)24-19(26)15-6-13(21)4-11-2-3-22-18(11)15/h2-4,6,8,12,14,16,22H,5,7,9H2,1H3,(H,24,26)/t12?,14?,16-/m1/s1. The van der Waals surface area contributed by atoms with Gasteiger partial charge in [-0.25, -0.2) is 4.98 Å². The number of H-pyrrole nitrogens is 1. The fourth-order valence-electron chi connectivity index (χ4n) is 4.54. The summed E-state index contributed by atoms with van der Waals surface area (Å²) in [6.07, 6.45) is 5.27. The summed E-state index contributed by atoms with van der Waals surface area (Å²) in [5.41, 5.74) is 1.49. The molecule has 2 N–H and O–H groups in total. The molecule has 5 rings (SSSR count). The molecular formula is C20H19BrN4O2S. The van der Waals surface area contributed by atoms with Gasteiger partial charge in [0.2, 0.25) is 0 Å². The Morgan fingerprint density at radius 1 is 1.36 bits per heavy atom. The van der Waals surface area contributed by atoms with Crippen LogP contribution in [0.5, 0.6) is 0 Å². The maximum absolute atomic E-state index is 12.9. The van der Waals surface area contributed by atoms with Crippen LogP contribution in [0.4, 0.5) is 0 Å². The number of aromatic nitrogens is 2. The topological polar surface area (TPSA) is 78.1 Å². The third kappa shape index (κ3) is 2.95. The Morgan fingerprint density at radius 3 is 2.93 bits per heavy atom. The maximum Gasteiger partial charge on any atom is 0.265 e. The summed E-state index contributed by atoms with van der Waals surface area (Å²) < 4.78 is 0.884. The SMILES string of the molecule is Cc1ncc(C(=O)N2CC3CC2C[C@H]3NC(=O)c2cc(Br)cc3cc[nH]c23)s1. The Balaban J connectivity index is 1.29. The van der Waals surface area contributed by atoms with Crippen molar-refractivity contribution in [3.63, 3.8) is 0 Å². The predicted molar refractivity (Wildman–Crippen MR) is 112 cm³/mol. The molecule has 1 saturated heterocycles. The first kappa shape index (κ1) is 17.9. The monoisotopic (exact) mass is 458 g/mol. The number of carbonyl (C=O) groups excluding carboxylic acids is 2. The quantitative estimate of drug-likeness (QED) is 0.627. The van der Waals surface area contributed by atoms with Crippen molar-refractivity contribution in [3.8, 4) is 0 Å². The van der Waals surface area contributed by atoms with Crippen LogP contribution >= 0.6 is 27.3 Å². The molecule has 3 aromatic rings. The smallest absolute Gasteiger partial charge is 0.265 e. The number of carbonyl (C=O) groups is 2. The van der Waals surface area contributed by atoms with Gasteiger partial charge in [-0.1, -0.05) is 15.9 Å². The highest BCUT2D eigenvalue weighted by molar-refractivity contribution is 9.10. The fraction of sp³-hybridized carbons (Fsp3) is 0.350. The molecule has 28 heavy (non-hydrogen) atoms. The van der Waals surface area contributed by atoms with Gasteiger partial charge in [-0.3, -0.25) is 9.59 Å². The average molecular weight is 459 g/mol. The van der Waals surface area contributed by atoms with Crippen molar-refractivity contribution in [1.82, 2.24) is 20.2 Å². The van der Waals surface area contributed by atoms with E-state index in [-0.39, 0.29) is 23.9 Å². The number of halogens is 1. The molecule has 2 aliphatic rings. The summed E-state index contributed by atoms with van der Waals surface area (Å²) in [5, 5.41) is 5.12. The molecule has 1 aliphatic carbocycles. The van der Waals surface area contributed by atoms with Gasteiger partial charge in [0.15, 0.2) is 0 Å². The number of rotatable bonds is 3. The zero-order valence-corrected chi connectivity index (χ0v) is 17.6. The molecule has 0 radical (unpaired) electrons. The van der Waals surface area contributed by atoms with Crippen LogP contribution in [0.1, 0.15) is 37.9 Å². The van der Waals surface area contributed by atoms with E-state index in [1.54, 1.807) is 6.20 Å². The molecule has 2 amide bonds. The Morgan fingerprint density at radius 2 is 2.21 bits per heavy atom. The summed E-state index contributed by atoms with van der Waals surface area (Å²) >= 11 is 4.93. The molecule has 2 bridgehead atoms. The fourth-order valence-corrected chi connectivity index (χ4v) is 5.75. The second-order valence-electron chi connectivity index (χ2n) is 7.56. The minimum absolute atomic E-state index is 0.0674. The van der Waals surface area contributed by atoms with Gasteiger partial charge in [-0.05, 0) is 43.9 Å². The first-order valence-corrected chi connectivity index (χ1v) is 10.9. The molecule has 144 valence electrons. The molecule has 1 aliphatic heterocycles. The van der Waals surface area contributed by atoms with Gasteiger partial charge in [0.05, 0.1) is 22.3 Å². The zero-order valence-electron chi connectivity index (χ0n) is 15.2. The molecular weight excluding hydrogens is 440 g/mol. The van der Waals surface area contributed by atoms with Crippen molar-refractivity contribution < 1.29 is 9.59 Å². The summed E-state index contributed by atoms with van der Waals surface area (Å²) in [5.74, 6) is 0.309. The predicted octanol–water partition coefficient (Wildman–Crippen LogP) is 3.73. The number of hydrogen-bond donors (Lipinski definition) is 2. The van der Waals surface area contributed by atoms with E-state index in [1.165, 1.54) is 11.3 Å². The molecule has 2 fully saturated rings. The lowest BCUT2D eigenvalue weighted by atomic mass is 10.0. The van der Waals surface area contributed by atoms with E-state index in [2.05, 4.69) is 31.2 Å². The van der Waals surface area contributed by atoms with E-state index in [0.29, 0.717) is 22.9 Å². The number of benzene rings is 1. The van der Waals surface area contributed by atoms with E-state index in [4.69, 9.17) is 0 Å². The van der Waals surface area contributed by atoms with Crippen LogP contribution in [-0.4, -0.2) is 45.3 Å². The molecule has 8 heteroatoms. The highest BCUT2D eigenvalue weighted by Gasteiger charge is 2.47. The largest absolute Gasteiger partial charge is 0.361 e. The van der Waals surface area contributed by atoms with E-state index < -0.39 is 0 Å². The van der Waals surface area contributed by atoms with Crippen molar-refractivity contribution in [2.45, 2.75) is 31.8 Å². The lowest BCUT2D eigenvalue weighted by molar-refractivity contribution is 0.0684. The zero-order chi connectivity index (χ0) is 19.4. The average Bonchev–Trinajstić information content (AvgIpc) is 3.43. The Hall–Kier alpha value is -2.19. The molecule has 3 heterocycles. The number of piperidine rings is 1. The van der Waals surface area contributed by atoms with Crippen LogP contribution in [0.2, 0.25) is 0 Å². The van der Waals surface area contributed by atoms with E-state index >= 15 is 0 Å². The molecule has 6 nitrogen and oxygen atoms in total. The van der Waals surface area contributed by atoms with Gasteiger partial charge >= 0.3 is 0 Å². The van der Waals surface area contributed by atoms with Crippen LogP contribution in [0.3, 0.4) is 0 Å². The summed E-state index contributed by atoms with van der Waals surface area (Å²) in [6.45, 7) is 2.61. The van der Waals surface area contributed by atoms with Crippen molar-refractivity contribution in [3.05, 3.63) is 50.5 Å². The van der Waals surface area contributed by atoms with Gasteiger partial charge in [-0.15, -0.1) is 11.3 Å². The number of hydrogen-bond acceptors (Lipinski definition) is 4. The first-order chi connectivity index (χ1) is 13.5. The molecule has 0 spiro atoms. The van der Waals surface area contributed by atoms with Crippen molar-refractivity contribution >= 4 is 50.0 Å². The van der Waals surface area contributed by atoms with Gasteiger partial charge in [0, 0.05) is 34.7 Å². The van der Waals surface area contributed by atoms with Crippen molar-refractivity contribution in [1.29, 1.82) is 0 Å². The van der Waals surface area contributed by atoms with Crippen molar-refractivity contribution in [2.75, 3.05) is 6.54 Å². The number of thiazole rings is 1.